The van der Waals surface area contributed by atoms with Crippen LogP contribution >= 0.6 is 0 Å². The number of rotatable bonds is 6. The van der Waals surface area contributed by atoms with Gasteiger partial charge < -0.3 is 20.3 Å². The summed E-state index contributed by atoms with van der Waals surface area (Å²) >= 11 is 0. The second-order valence-electron chi connectivity index (χ2n) is 6.21. The van der Waals surface area contributed by atoms with E-state index < -0.39 is 6.03 Å². The number of para-hydroxylation sites is 3. The number of amides is 3. The van der Waals surface area contributed by atoms with E-state index in [0.717, 1.165) is 0 Å². The molecule has 2 aromatic carbocycles. The normalized spacial score (nSPS) is 10.2. The maximum atomic E-state index is 12.3. The van der Waals surface area contributed by atoms with Crippen LogP contribution in [0.4, 0.5) is 16.2 Å². The number of benzene rings is 2. The zero-order valence-electron chi connectivity index (χ0n) is 15.6. The fraction of sp³-hybridized carbons (Fsp3) is 0.150. The van der Waals surface area contributed by atoms with Gasteiger partial charge in [-0.2, -0.15) is 5.10 Å². The van der Waals surface area contributed by atoms with Gasteiger partial charge in [-0.1, -0.05) is 30.3 Å². The summed E-state index contributed by atoms with van der Waals surface area (Å²) in [5, 5.41) is 9.52. The summed E-state index contributed by atoms with van der Waals surface area (Å²) in [6.45, 7) is 0.101. The molecule has 0 aliphatic rings. The molecule has 0 saturated heterocycles. The zero-order valence-corrected chi connectivity index (χ0v) is 15.6. The van der Waals surface area contributed by atoms with Crippen molar-refractivity contribution in [1.82, 2.24) is 14.7 Å². The summed E-state index contributed by atoms with van der Waals surface area (Å²) in [4.78, 5) is 25.5. The first kappa shape index (κ1) is 19.0. The van der Waals surface area contributed by atoms with E-state index in [4.69, 9.17) is 4.74 Å². The second-order valence-corrected chi connectivity index (χ2v) is 6.21. The molecule has 0 aliphatic heterocycles. The van der Waals surface area contributed by atoms with Crippen LogP contribution in [-0.4, -0.2) is 40.7 Å². The fourth-order valence-corrected chi connectivity index (χ4v) is 2.35. The van der Waals surface area contributed by atoms with Gasteiger partial charge in [-0.25, -0.2) is 4.79 Å². The van der Waals surface area contributed by atoms with Crippen molar-refractivity contribution in [2.75, 3.05) is 24.7 Å². The first-order chi connectivity index (χ1) is 13.5. The average Bonchev–Trinajstić information content (AvgIpc) is 3.10. The minimum absolute atomic E-state index is 0.0916. The molecule has 0 spiro atoms. The number of hydrogen-bond donors (Lipinski definition) is 2. The molecule has 0 aliphatic carbocycles. The Hall–Kier alpha value is -3.81. The Morgan fingerprint density at radius 2 is 1.75 bits per heavy atom. The summed E-state index contributed by atoms with van der Waals surface area (Å²) in [7, 11) is 3.35. The van der Waals surface area contributed by atoms with Crippen molar-refractivity contribution in [2.24, 2.45) is 0 Å². The Morgan fingerprint density at radius 1 is 1.04 bits per heavy atom. The lowest BCUT2D eigenvalue weighted by Crippen LogP contribution is -2.26. The van der Waals surface area contributed by atoms with Crippen LogP contribution < -0.4 is 15.4 Å². The molecule has 144 valence electrons. The second kappa shape index (κ2) is 8.72. The van der Waals surface area contributed by atoms with Crippen molar-refractivity contribution >= 4 is 23.3 Å². The highest BCUT2D eigenvalue weighted by Gasteiger charge is 2.11. The van der Waals surface area contributed by atoms with Gasteiger partial charge in [0, 0.05) is 20.3 Å². The van der Waals surface area contributed by atoms with E-state index in [9.17, 15) is 9.59 Å². The maximum Gasteiger partial charge on any atom is 0.323 e. The van der Waals surface area contributed by atoms with Crippen LogP contribution in [0.5, 0.6) is 11.5 Å². The fourth-order valence-electron chi connectivity index (χ4n) is 2.35. The molecule has 0 unspecified atom stereocenters. The van der Waals surface area contributed by atoms with Gasteiger partial charge >= 0.3 is 6.03 Å². The van der Waals surface area contributed by atoms with Crippen molar-refractivity contribution in [3.63, 3.8) is 0 Å². The number of ether oxygens (including phenoxy) is 1. The standard InChI is InChI=1S/C20H21N5O3/c1-24(2)19(26)14-25-13-15(12-21-25)22-20(27)23-17-10-6-7-11-18(17)28-16-8-4-3-5-9-16/h3-13H,14H2,1-2H3,(H2,22,23,27). The molecule has 28 heavy (non-hydrogen) atoms. The predicted molar refractivity (Wildman–Crippen MR) is 107 cm³/mol. The lowest BCUT2D eigenvalue weighted by molar-refractivity contribution is -0.129. The van der Waals surface area contributed by atoms with Crippen molar-refractivity contribution in [2.45, 2.75) is 6.54 Å². The van der Waals surface area contributed by atoms with Crippen molar-refractivity contribution in [3.8, 4) is 11.5 Å². The third kappa shape index (κ3) is 5.10. The molecule has 3 aromatic rings. The van der Waals surface area contributed by atoms with Crippen molar-refractivity contribution < 1.29 is 14.3 Å². The number of nitrogens with zero attached hydrogens (tertiary/aromatic N) is 3. The highest BCUT2D eigenvalue weighted by atomic mass is 16.5. The minimum Gasteiger partial charge on any atom is -0.455 e. The number of aromatic nitrogens is 2. The number of likely N-dealkylation sites (N-methyl/N-ethyl adjacent to an activating group) is 1. The number of carbonyl (C=O) groups is 2. The number of nitrogens with one attached hydrogen (secondary N) is 2. The average molecular weight is 379 g/mol. The lowest BCUT2D eigenvalue weighted by Gasteiger charge is -2.12. The smallest absolute Gasteiger partial charge is 0.323 e. The van der Waals surface area contributed by atoms with Gasteiger partial charge in [0.1, 0.15) is 12.3 Å². The van der Waals surface area contributed by atoms with Gasteiger partial charge in [0.2, 0.25) is 5.91 Å². The number of hydrogen-bond acceptors (Lipinski definition) is 4. The van der Waals surface area contributed by atoms with Gasteiger partial charge in [-0.05, 0) is 24.3 Å². The van der Waals surface area contributed by atoms with Gasteiger partial charge in [0.05, 0.1) is 17.6 Å². The Labute approximate surface area is 162 Å². The Morgan fingerprint density at radius 3 is 2.50 bits per heavy atom. The molecule has 0 bridgehead atoms. The Kier molecular flexibility index (Phi) is 5.91. The summed E-state index contributed by atoms with van der Waals surface area (Å²) in [6.07, 6.45) is 3.07. The van der Waals surface area contributed by atoms with Crippen LogP contribution in [0.3, 0.4) is 0 Å². The molecule has 3 rings (SSSR count). The van der Waals surface area contributed by atoms with Crippen LogP contribution in [0.25, 0.3) is 0 Å². The molecular formula is C20H21N5O3. The van der Waals surface area contributed by atoms with E-state index in [1.54, 1.807) is 38.5 Å². The summed E-state index contributed by atoms with van der Waals surface area (Å²) in [5.74, 6) is 1.10. The van der Waals surface area contributed by atoms with E-state index in [1.807, 2.05) is 36.4 Å². The van der Waals surface area contributed by atoms with Crippen LogP contribution in [0.15, 0.2) is 67.0 Å². The topological polar surface area (TPSA) is 88.5 Å². The highest BCUT2D eigenvalue weighted by Crippen LogP contribution is 2.29. The number of anilines is 2. The summed E-state index contributed by atoms with van der Waals surface area (Å²) in [6, 6.07) is 16.0. The van der Waals surface area contributed by atoms with Crippen LogP contribution in [0.2, 0.25) is 0 Å². The molecule has 0 saturated carbocycles. The zero-order chi connectivity index (χ0) is 19.9. The SMILES string of the molecule is CN(C)C(=O)Cn1cc(NC(=O)Nc2ccccc2Oc2ccccc2)cn1. The van der Waals surface area contributed by atoms with E-state index in [1.165, 1.54) is 15.8 Å². The van der Waals surface area contributed by atoms with Gasteiger partial charge in [-0.3, -0.25) is 9.48 Å². The molecule has 8 heteroatoms. The maximum absolute atomic E-state index is 12.3. The molecular weight excluding hydrogens is 358 g/mol. The lowest BCUT2D eigenvalue weighted by atomic mass is 10.3. The van der Waals surface area contributed by atoms with Gasteiger partial charge in [-0.15, -0.1) is 0 Å². The summed E-state index contributed by atoms with van der Waals surface area (Å²) in [5.41, 5.74) is 1.00. The van der Waals surface area contributed by atoms with E-state index >= 15 is 0 Å². The quantitative estimate of drug-likeness (QED) is 0.687. The minimum atomic E-state index is -0.442. The molecule has 1 heterocycles. The summed E-state index contributed by atoms with van der Waals surface area (Å²) < 4.78 is 7.29. The van der Waals surface area contributed by atoms with Gasteiger partial charge in [0.25, 0.3) is 0 Å². The monoisotopic (exact) mass is 379 g/mol. The first-order valence-corrected chi connectivity index (χ1v) is 8.64. The number of carbonyl (C=O) groups excluding carboxylic acids is 2. The Balaban J connectivity index is 1.63. The van der Waals surface area contributed by atoms with Crippen LogP contribution in [0, 0.1) is 0 Å². The molecule has 3 amide bonds. The highest BCUT2D eigenvalue weighted by molar-refractivity contribution is 6.00. The molecule has 2 N–H and O–H groups in total. The van der Waals surface area contributed by atoms with Crippen LogP contribution in [0.1, 0.15) is 0 Å². The van der Waals surface area contributed by atoms with E-state index in [2.05, 4.69) is 15.7 Å². The predicted octanol–water partition coefficient (Wildman–Crippen LogP) is 3.41. The first-order valence-electron chi connectivity index (χ1n) is 8.64. The largest absolute Gasteiger partial charge is 0.455 e. The van der Waals surface area contributed by atoms with Crippen molar-refractivity contribution in [1.29, 1.82) is 0 Å². The third-order valence-corrected chi connectivity index (χ3v) is 3.79. The molecule has 0 radical (unpaired) electrons. The number of urea groups is 1. The van der Waals surface area contributed by atoms with E-state index in [-0.39, 0.29) is 12.5 Å². The van der Waals surface area contributed by atoms with Crippen molar-refractivity contribution in [3.05, 3.63) is 67.0 Å². The van der Waals surface area contributed by atoms with Gasteiger partial charge in [0.15, 0.2) is 5.75 Å². The molecule has 8 nitrogen and oxygen atoms in total. The molecule has 0 fully saturated rings. The molecule has 0 atom stereocenters. The molecule has 1 aromatic heterocycles. The Bertz CT molecular complexity index is 953. The third-order valence-electron chi connectivity index (χ3n) is 3.79. The van der Waals surface area contributed by atoms with Crippen LogP contribution in [-0.2, 0) is 11.3 Å². The van der Waals surface area contributed by atoms with E-state index in [0.29, 0.717) is 22.9 Å².